The average molecular weight is 243 g/mol. The third-order valence-corrected chi connectivity index (χ3v) is 1.72. The van der Waals surface area contributed by atoms with Crippen molar-refractivity contribution in [3.63, 3.8) is 0 Å². The fraction of sp³-hybridized carbons (Fsp3) is 0.222. The summed E-state index contributed by atoms with van der Waals surface area (Å²) in [5.74, 6) is 1.85. The van der Waals surface area contributed by atoms with Crippen molar-refractivity contribution in [1.82, 2.24) is 0 Å². The van der Waals surface area contributed by atoms with Crippen molar-refractivity contribution in [3.8, 4) is 12.3 Å². The van der Waals surface area contributed by atoms with Gasteiger partial charge in [-0.25, -0.2) is 4.79 Å². The lowest BCUT2D eigenvalue weighted by Crippen LogP contribution is -2.12. The lowest BCUT2D eigenvalue weighted by Gasteiger charge is -2.03. The summed E-state index contributed by atoms with van der Waals surface area (Å²) in [5.41, 5.74) is 0. The maximum Gasteiger partial charge on any atom is 0.375 e. The van der Waals surface area contributed by atoms with E-state index in [1.54, 1.807) is 13.0 Å². The molecule has 68 valence electrons. The molecular weight excluding hydrogens is 236 g/mol. The maximum atomic E-state index is 11.2. The number of rotatable bonds is 2. The molecule has 0 aliphatic carbocycles. The van der Waals surface area contributed by atoms with Gasteiger partial charge in [-0.15, -0.1) is 6.42 Å². The second kappa shape index (κ2) is 4.15. The topological polar surface area (TPSA) is 39.4 Å². The first kappa shape index (κ1) is 9.87. The van der Waals surface area contributed by atoms with Crippen LogP contribution in [-0.2, 0) is 4.74 Å². The molecule has 3 nitrogen and oxygen atoms in total. The van der Waals surface area contributed by atoms with Crippen LogP contribution in [0.2, 0.25) is 0 Å². The highest BCUT2D eigenvalue weighted by Crippen LogP contribution is 2.15. The van der Waals surface area contributed by atoms with E-state index in [-0.39, 0.29) is 5.76 Å². The summed E-state index contributed by atoms with van der Waals surface area (Å²) < 4.78 is 10.3. The summed E-state index contributed by atoms with van der Waals surface area (Å²) in [6.07, 6.45) is 4.49. The second-order valence-corrected chi connectivity index (χ2v) is 3.10. The number of esters is 1. The van der Waals surface area contributed by atoms with Gasteiger partial charge in [0.15, 0.2) is 10.8 Å². The SMILES string of the molecule is C#CC(C)OC(=O)c1ccc(Br)o1. The van der Waals surface area contributed by atoms with Crippen molar-refractivity contribution in [2.24, 2.45) is 0 Å². The van der Waals surface area contributed by atoms with Crippen LogP contribution in [0.5, 0.6) is 0 Å². The van der Waals surface area contributed by atoms with Gasteiger partial charge in [-0.1, -0.05) is 5.92 Å². The number of halogens is 1. The quantitative estimate of drug-likeness (QED) is 0.590. The predicted molar refractivity (Wildman–Crippen MR) is 50.1 cm³/mol. The highest BCUT2D eigenvalue weighted by atomic mass is 79.9. The van der Waals surface area contributed by atoms with E-state index < -0.39 is 12.1 Å². The fourth-order valence-corrected chi connectivity index (χ4v) is 0.983. The number of furan rings is 1. The Morgan fingerprint density at radius 2 is 2.46 bits per heavy atom. The molecule has 0 aliphatic heterocycles. The second-order valence-electron chi connectivity index (χ2n) is 2.32. The number of carbonyl (C=O) groups is 1. The van der Waals surface area contributed by atoms with Gasteiger partial charge < -0.3 is 9.15 Å². The first-order valence-electron chi connectivity index (χ1n) is 3.56. The summed E-state index contributed by atoms with van der Waals surface area (Å²) in [6, 6.07) is 3.12. The van der Waals surface area contributed by atoms with Crippen molar-refractivity contribution < 1.29 is 13.9 Å². The molecule has 13 heavy (non-hydrogen) atoms. The molecule has 0 aliphatic rings. The van der Waals surface area contributed by atoms with E-state index in [9.17, 15) is 4.79 Å². The molecule has 0 fully saturated rings. The van der Waals surface area contributed by atoms with Gasteiger partial charge in [0.25, 0.3) is 0 Å². The molecule has 0 saturated carbocycles. The van der Waals surface area contributed by atoms with Crippen LogP contribution in [-0.4, -0.2) is 12.1 Å². The summed E-state index contributed by atoms with van der Waals surface area (Å²) in [7, 11) is 0. The normalized spacial score (nSPS) is 11.8. The molecule has 1 rings (SSSR count). The largest absolute Gasteiger partial charge is 0.444 e. The minimum absolute atomic E-state index is 0.133. The van der Waals surface area contributed by atoms with Crippen LogP contribution < -0.4 is 0 Å². The lowest BCUT2D eigenvalue weighted by atomic mass is 10.4. The smallest absolute Gasteiger partial charge is 0.375 e. The average Bonchev–Trinajstić information content (AvgIpc) is 2.51. The van der Waals surface area contributed by atoms with E-state index in [2.05, 4.69) is 21.9 Å². The van der Waals surface area contributed by atoms with E-state index in [1.807, 2.05) is 0 Å². The zero-order valence-corrected chi connectivity index (χ0v) is 8.50. The standard InChI is InChI=1S/C9H7BrO3/c1-3-6(2)12-9(11)7-4-5-8(10)13-7/h1,4-6H,2H3. The minimum Gasteiger partial charge on any atom is -0.444 e. The van der Waals surface area contributed by atoms with Gasteiger partial charge in [-0.3, -0.25) is 0 Å². The van der Waals surface area contributed by atoms with E-state index in [4.69, 9.17) is 15.6 Å². The first-order valence-corrected chi connectivity index (χ1v) is 4.35. The van der Waals surface area contributed by atoms with Crippen molar-refractivity contribution in [2.45, 2.75) is 13.0 Å². The molecule has 1 atom stereocenters. The molecule has 1 heterocycles. The van der Waals surface area contributed by atoms with Gasteiger partial charge >= 0.3 is 5.97 Å². The zero-order valence-electron chi connectivity index (χ0n) is 6.91. The summed E-state index contributed by atoms with van der Waals surface area (Å²) >= 11 is 3.07. The van der Waals surface area contributed by atoms with Crippen LogP contribution in [0.25, 0.3) is 0 Å². The van der Waals surface area contributed by atoms with E-state index in [1.165, 1.54) is 6.07 Å². The van der Waals surface area contributed by atoms with Crippen LogP contribution in [0.1, 0.15) is 17.5 Å². The molecular formula is C9H7BrO3. The molecule has 0 amide bonds. The van der Waals surface area contributed by atoms with Gasteiger partial charge in [0.2, 0.25) is 5.76 Å². The van der Waals surface area contributed by atoms with Crippen LogP contribution in [0.15, 0.2) is 21.2 Å². The van der Waals surface area contributed by atoms with Crippen LogP contribution in [0.3, 0.4) is 0 Å². The molecule has 0 radical (unpaired) electrons. The van der Waals surface area contributed by atoms with Crippen molar-refractivity contribution in [1.29, 1.82) is 0 Å². The van der Waals surface area contributed by atoms with Gasteiger partial charge in [0, 0.05) is 0 Å². The summed E-state index contributed by atoms with van der Waals surface area (Å²) in [6.45, 7) is 1.61. The Morgan fingerprint density at radius 3 is 2.92 bits per heavy atom. The van der Waals surface area contributed by atoms with Crippen molar-refractivity contribution >= 4 is 21.9 Å². The number of hydrogen-bond donors (Lipinski definition) is 0. The van der Waals surface area contributed by atoms with Crippen molar-refractivity contribution in [2.75, 3.05) is 0 Å². The Balaban J connectivity index is 2.65. The first-order chi connectivity index (χ1) is 6.13. The molecule has 0 saturated heterocycles. The highest BCUT2D eigenvalue weighted by Gasteiger charge is 2.13. The molecule has 4 heteroatoms. The van der Waals surface area contributed by atoms with Gasteiger partial charge in [-0.05, 0) is 35.0 Å². The molecule has 0 aromatic carbocycles. The van der Waals surface area contributed by atoms with E-state index in [0.717, 1.165) is 0 Å². The Hall–Kier alpha value is -1.21. The predicted octanol–water partition coefficient (Wildman–Crippen LogP) is 2.22. The van der Waals surface area contributed by atoms with E-state index in [0.29, 0.717) is 4.67 Å². The number of carbonyl (C=O) groups excluding carboxylic acids is 1. The molecule has 0 N–H and O–H groups in total. The number of ether oxygens (including phenoxy) is 1. The number of terminal acetylenes is 1. The summed E-state index contributed by atoms with van der Waals surface area (Å²) in [5, 5.41) is 0. The Morgan fingerprint density at radius 1 is 1.77 bits per heavy atom. The van der Waals surface area contributed by atoms with Crippen LogP contribution >= 0.6 is 15.9 Å². The fourth-order valence-electron chi connectivity index (χ4n) is 0.677. The highest BCUT2D eigenvalue weighted by molar-refractivity contribution is 9.10. The maximum absolute atomic E-state index is 11.2. The third kappa shape index (κ3) is 2.63. The minimum atomic E-state index is -0.559. The van der Waals surface area contributed by atoms with Crippen LogP contribution in [0.4, 0.5) is 0 Å². The molecule has 0 spiro atoms. The lowest BCUT2D eigenvalue weighted by molar-refractivity contribution is 0.0401. The number of hydrogen-bond acceptors (Lipinski definition) is 3. The Kier molecular flexibility index (Phi) is 3.15. The summed E-state index contributed by atoms with van der Waals surface area (Å²) in [4.78, 5) is 11.2. The van der Waals surface area contributed by atoms with Gasteiger partial charge in [0.1, 0.15) is 0 Å². The van der Waals surface area contributed by atoms with Gasteiger partial charge in [0.05, 0.1) is 0 Å². The van der Waals surface area contributed by atoms with Gasteiger partial charge in [-0.2, -0.15) is 0 Å². The molecule has 1 unspecified atom stereocenters. The molecule has 0 bridgehead atoms. The zero-order chi connectivity index (χ0) is 9.84. The molecule has 1 aromatic heterocycles. The van der Waals surface area contributed by atoms with Crippen molar-refractivity contribution in [3.05, 3.63) is 22.6 Å². The van der Waals surface area contributed by atoms with Crippen LogP contribution in [0, 0.1) is 12.3 Å². The monoisotopic (exact) mass is 242 g/mol. The molecule has 1 aromatic rings. The van der Waals surface area contributed by atoms with E-state index >= 15 is 0 Å². The Labute approximate surface area is 84.2 Å². The Bertz CT molecular complexity index is 348. The third-order valence-electron chi connectivity index (χ3n) is 1.29.